The number of nitrogens with one attached hydrogen (secondary N) is 2. The summed E-state index contributed by atoms with van der Waals surface area (Å²) in [6, 6.07) is 15.7. The summed E-state index contributed by atoms with van der Waals surface area (Å²) in [5.41, 5.74) is 4.33. The summed E-state index contributed by atoms with van der Waals surface area (Å²) in [5, 5.41) is 16.9. The molecule has 3 aromatic carbocycles. The van der Waals surface area contributed by atoms with Crippen LogP contribution >= 0.6 is 0 Å². The lowest BCUT2D eigenvalue weighted by molar-refractivity contribution is 0.0880. The number of carbonyl (C=O) groups excluding carboxylic acids is 2. The van der Waals surface area contributed by atoms with Crippen LogP contribution in [0.25, 0.3) is 43.6 Å². The normalized spacial score (nSPS) is 14.7. The van der Waals surface area contributed by atoms with Gasteiger partial charge in [-0.1, -0.05) is 50.2 Å². The summed E-state index contributed by atoms with van der Waals surface area (Å²) in [5.74, 6) is -0.737. The van der Waals surface area contributed by atoms with Gasteiger partial charge >= 0.3 is 0 Å². The number of nitrogens with zero attached hydrogens (tertiary/aromatic N) is 2. The van der Waals surface area contributed by atoms with Crippen LogP contribution in [0.4, 0.5) is 0 Å². The Hall–Kier alpha value is -3.68. The van der Waals surface area contributed by atoms with E-state index < -0.39 is 6.10 Å². The van der Waals surface area contributed by atoms with Crippen LogP contribution in [0.15, 0.2) is 48.5 Å². The molecule has 1 unspecified atom stereocenters. The average Bonchev–Trinajstić information content (AvgIpc) is 3.47. The molecule has 5 aromatic rings. The molecular weight excluding hydrogens is 428 g/mol. The number of hydrogen-bond acceptors (Lipinski definition) is 4. The van der Waals surface area contributed by atoms with Crippen molar-refractivity contribution in [3.8, 4) is 0 Å². The Kier molecular flexibility index (Phi) is 4.72. The maximum absolute atomic E-state index is 13.1. The van der Waals surface area contributed by atoms with E-state index in [9.17, 15) is 14.7 Å². The maximum atomic E-state index is 13.1. The topological polar surface area (TPSA) is 90.4 Å². The second kappa shape index (κ2) is 7.68. The summed E-state index contributed by atoms with van der Waals surface area (Å²) >= 11 is 0. The van der Waals surface area contributed by atoms with Crippen LogP contribution in [0, 0.1) is 0 Å². The molecule has 1 atom stereocenters. The zero-order valence-electron chi connectivity index (χ0n) is 19.2. The van der Waals surface area contributed by atoms with Crippen LogP contribution in [0.3, 0.4) is 0 Å². The second-order valence-electron chi connectivity index (χ2n) is 8.94. The van der Waals surface area contributed by atoms with Gasteiger partial charge in [-0.2, -0.15) is 0 Å². The van der Waals surface area contributed by atoms with Gasteiger partial charge in [-0.25, -0.2) is 0 Å². The molecule has 3 heterocycles. The summed E-state index contributed by atoms with van der Waals surface area (Å²) in [6.45, 7) is 6.83. The monoisotopic (exact) mass is 454 g/mol. The molecule has 0 radical (unpaired) electrons. The standard InChI is InChI=1S/C27H26N4O3/c1-3-30(4-2)13-15(32)14-31-19-12-8-6-10-17(19)21-23-22(26(33)29-27(23)34)20-16-9-5-7-11-18(16)28-24(20)25(21)31/h5-12,15,28,32H,3-4,13-14H2,1-2H3,(H,29,33,34). The van der Waals surface area contributed by atoms with Crippen molar-refractivity contribution in [1.29, 1.82) is 0 Å². The van der Waals surface area contributed by atoms with E-state index in [0.29, 0.717) is 24.2 Å². The highest BCUT2D eigenvalue weighted by atomic mass is 16.3. The van der Waals surface area contributed by atoms with Crippen LogP contribution in [-0.4, -0.2) is 57.1 Å². The molecule has 2 amide bonds. The van der Waals surface area contributed by atoms with Gasteiger partial charge in [-0.3, -0.25) is 14.9 Å². The van der Waals surface area contributed by atoms with E-state index in [4.69, 9.17) is 0 Å². The third-order valence-corrected chi connectivity index (χ3v) is 7.10. The van der Waals surface area contributed by atoms with Crippen molar-refractivity contribution in [2.45, 2.75) is 26.5 Å². The molecular formula is C27H26N4O3. The first kappa shape index (κ1) is 20.9. The average molecular weight is 455 g/mol. The highest BCUT2D eigenvalue weighted by Gasteiger charge is 2.35. The zero-order valence-corrected chi connectivity index (χ0v) is 19.2. The fourth-order valence-corrected chi connectivity index (χ4v) is 5.57. The van der Waals surface area contributed by atoms with Crippen molar-refractivity contribution >= 4 is 55.4 Å². The summed E-state index contributed by atoms with van der Waals surface area (Å²) in [4.78, 5) is 31.8. The predicted molar refractivity (Wildman–Crippen MR) is 134 cm³/mol. The molecule has 1 aliphatic heterocycles. The number of aliphatic hydroxyl groups excluding tert-OH is 1. The van der Waals surface area contributed by atoms with Gasteiger partial charge in [-0.05, 0) is 25.2 Å². The number of hydrogen-bond donors (Lipinski definition) is 3. The Balaban J connectivity index is 1.74. The van der Waals surface area contributed by atoms with E-state index in [2.05, 4.69) is 33.6 Å². The van der Waals surface area contributed by atoms with E-state index in [1.165, 1.54) is 0 Å². The number of H-pyrrole nitrogens is 1. The summed E-state index contributed by atoms with van der Waals surface area (Å²) in [7, 11) is 0. The lowest BCUT2D eigenvalue weighted by atomic mass is 9.97. The first-order chi connectivity index (χ1) is 16.5. The SMILES string of the molecule is CCN(CC)CC(O)Cn1c2ccccc2c2c3c(c4c5ccccc5[nH]c4c21)C(=O)NC3=O. The Morgan fingerprint density at radius 1 is 0.912 bits per heavy atom. The number of likely N-dealkylation sites (N-methyl/N-ethyl adjacent to an activating group) is 1. The van der Waals surface area contributed by atoms with Crippen molar-refractivity contribution in [2.75, 3.05) is 19.6 Å². The van der Waals surface area contributed by atoms with Gasteiger partial charge in [0.25, 0.3) is 11.8 Å². The predicted octanol–water partition coefficient (Wildman–Crippen LogP) is 4.02. The number of para-hydroxylation sites is 2. The quantitative estimate of drug-likeness (QED) is 0.338. The van der Waals surface area contributed by atoms with Gasteiger partial charge < -0.3 is 19.6 Å². The number of benzene rings is 3. The number of imide groups is 1. The largest absolute Gasteiger partial charge is 0.390 e. The first-order valence-corrected chi connectivity index (χ1v) is 11.8. The first-order valence-electron chi connectivity index (χ1n) is 11.8. The molecule has 7 heteroatoms. The minimum absolute atomic E-state index is 0.366. The molecule has 34 heavy (non-hydrogen) atoms. The fraction of sp³-hybridized carbons (Fsp3) is 0.259. The number of amides is 2. The number of aromatic amines is 1. The van der Waals surface area contributed by atoms with E-state index in [0.717, 1.165) is 56.7 Å². The molecule has 0 bridgehead atoms. The van der Waals surface area contributed by atoms with Gasteiger partial charge in [-0.15, -0.1) is 0 Å². The molecule has 0 fully saturated rings. The van der Waals surface area contributed by atoms with E-state index >= 15 is 0 Å². The Bertz CT molecular complexity index is 1620. The lowest BCUT2D eigenvalue weighted by Gasteiger charge is -2.23. The van der Waals surface area contributed by atoms with Crippen LogP contribution < -0.4 is 5.32 Å². The lowest BCUT2D eigenvalue weighted by Crippen LogP contribution is -2.34. The van der Waals surface area contributed by atoms with Gasteiger partial charge in [0, 0.05) is 39.1 Å². The molecule has 0 aliphatic carbocycles. The Morgan fingerprint density at radius 2 is 1.56 bits per heavy atom. The molecule has 0 saturated carbocycles. The minimum atomic E-state index is -0.595. The number of aromatic nitrogens is 2. The van der Waals surface area contributed by atoms with Gasteiger partial charge in [0.2, 0.25) is 0 Å². The number of aliphatic hydroxyl groups is 1. The van der Waals surface area contributed by atoms with Gasteiger partial charge in [0.15, 0.2) is 0 Å². The zero-order chi connectivity index (χ0) is 23.6. The molecule has 6 rings (SSSR count). The van der Waals surface area contributed by atoms with E-state index in [1.807, 2.05) is 48.5 Å². The van der Waals surface area contributed by atoms with Gasteiger partial charge in [0.05, 0.1) is 34.8 Å². The van der Waals surface area contributed by atoms with Crippen molar-refractivity contribution in [1.82, 2.24) is 19.8 Å². The van der Waals surface area contributed by atoms with Crippen molar-refractivity contribution in [3.05, 3.63) is 59.7 Å². The third-order valence-electron chi connectivity index (χ3n) is 7.10. The maximum Gasteiger partial charge on any atom is 0.259 e. The molecule has 7 nitrogen and oxygen atoms in total. The van der Waals surface area contributed by atoms with E-state index in [1.54, 1.807) is 0 Å². The van der Waals surface area contributed by atoms with Crippen molar-refractivity contribution < 1.29 is 14.7 Å². The Morgan fingerprint density at radius 3 is 2.29 bits per heavy atom. The molecule has 0 spiro atoms. The highest BCUT2D eigenvalue weighted by Crippen LogP contribution is 2.43. The molecule has 3 N–H and O–H groups in total. The Labute approximate surface area is 195 Å². The van der Waals surface area contributed by atoms with E-state index in [-0.39, 0.29) is 11.8 Å². The molecule has 2 aromatic heterocycles. The third kappa shape index (κ3) is 2.84. The number of rotatable bonds is 6. The van der Waals surface area contributed by atoms with Gasteiger partial charge in [0.1, 0.15) is 0 Å². The van der Waals surface area contributed by atoms with Crippen LogP contribution in [-0.2, 0) is 6.54 Å². The minimum Gasteiger partial charge on any atom is -0.390 e. The number of fused-ring (bicyclic) bond motifs is 10. The number of carbonyl (C=O) groups is 2. The molecule has 0 saturated heterocycles. The smallest absolute Gasteiger partial charge is 0.259 e. The molecule has 1 aliphatic rings. The highest BCUT2D eigenvalue weighted by molar-refractivity contribution is 6.39. The summed E-state index contributed by atoms with van der Waals surface area (Å²) < 4.78 is 2.10. The van der Waals surface area contributed by atoms with Crippen molar-refractivity contribution in [3.63, 3.8) is 0 Å². The molecule has 172 valence electrons. The second-order valence-corrected chi connectivity index (χ2v) is 8.94. The fourth-order valence-electron chi connectivity index (χ4n) is 5.57. The van der Waals surface area contributed by atoms with Crippen LogP contribution in [0.2, 0.25) is 0 Å². The van der Waals surface area contributed by atoms with Crippen molar-refractivity contribution in [2.24, 2.45) is 0 Å². The van der Waals surface area contributed by atoms with Crippen LogP contribution in [0.1, 0.15) is 34.6 Å². The van der Waals surface area contributed by atoms with Crippen LogP contribution in [0.5, 0.6) is 0 Å². The summed E-state index contributed by atoms with van der Waals surface area (Å²) in [6.07, 6.45) is -0.595.